The lowest BCUT2D eigenvalue weighted by atomic mass is 10.2. The molecule has 0 aliphatic heterocycles. The fourth-order valence-corrected chi connectivity index (χ4v) is 2.19. The first kappa shape index (κ1) is 14.0. The lowest BCUT2D eigenvalue weighted by Crippen LogP contribution is -1.90. The summed E-state index contributed by atoms with van der Waals surface area (Å²) in [7, 11) is 0. The first-order valence-corrected chi connectivity index (χ1v) is 6.94. The van der Waals surface area contributed by atoms with E-state index < -0.39 is 4.92 Å². The Morgan fingerprint density at radius 1 is 1.11 bits per heavy atom. The highest BCUT2D eigenvalue weighted by atomic mass is 79.9. The van der Waals surface area contributed by atoms with Gasteiger partial charge in [-0.25, -0.2) is 0 Å². The summed E-state index contributed by atoms with van der Waals surface area (Å²) in [6.07, 6.45) is 0. The maximum Gasteiger partial charge on any atom is 0.270 e. The Hall–Kier alpha value is -1.40. The average molecular weight is 387 g/mol. The van der Waals surface area contributed by atoms with Gasteiger partial charge in [0.05, 0.1) is 9.40 Å². The van der Waals surface area contributed by atoms with E-state index in [0.717, 1.165) is 10.0 Å². The third-order valence-corrected chi connectivity index (χ3v) is 3.99. The van der Waals surface area contributed by atoms with Gasteiger partial charge < -0.3 is 4.74 Å². The van der Waals surface area contributed by atoms with Crippen LogP contribution in [0, 0.1) is 17.0 Å². The van der Waals surface area contributed by atoms with E-state index in [1.807, 2.05) is 25.1 Å². The molecule has 19 heavy (non-hydrogen) atoms. The van der Waals surface area contributed by atoms with Crippen LogP contribution in [0.4, 0.5) is 5.69 Å². The molecule has 0 N–H and O–H groups in total. The number of rotatable bonds is 3. The molecule has 0 fully saturated rings. The summed E-state index contributed by atoms with van der Waals surface area (Å²) in [5.74, 6) is 1.21. The molecular weight excluding hydrogens is 378 g/mol. The van der Waals surface area contributed by atoms with Gasteiger partial charge in [-0.15, -0.1) is 0 Å². The normalized spacial score (nSPS) is 10.3. The summed E-state index contributed by atoms with van der Waals surface area (Å²) >= 11 is 6.68. The van der Waals surface area contributed by atoms with E-state index in [0.29, 0.717) is 16.0 Å². The molecule has 0 saturated heterocycles. The molecule has 0 saturated carbocycles. The lowest BCUT2D eigenvalue weighted by molar-refractivity contribution is -0.384. The van der Waals surface area contributed by atoms with Crippen molar-refractivity contribution in [1.29, 1.82) is 0 Å². The second-order valence-electron chi connectivity index (χ2n) is 3.88. The van der Waals surface area contributed by atoms with Crippen LogP contribution >= 0.6 is 31.9 Å². The van der Waals surface area contributed by atoms with E-state index in [-0.39, 0.29) is 5.69 Å². The lowest BCUT2D eigenvalue weighted by Gasteiger charge is -2.09. The Kier molecular flexibility index (Phi) is 4.21. The van der Waals surface area contributed by atoms with E-state index in [9.17, 15) is 10.1 Å². The first-order valence-electron chi connectivity index (χ1n) is 5.35. The summed E-state index contributed by atoms with van der Waals surface area (Å²) in [4.78, 5) is 10.2. The third-order valence-electron chi connectivity index (χ3n) is 2.48. The van der Waals surface area contributed by atoms with Gasteiger partial charge in [-0.1, -0.05) is 15.9 Å². The van der Waals surface area contributed by atoms with Crippen molar-refractivity contribution >= 4 is 37.5 Å². The Morgan fingerprint density at radius 2 is 1.84 bits per heavy atom. The maximum absolute atomic E-state index is 10.6. The fraction of sp³-hybridized carbons (Fsp3) is 0.0769. The number of ether oxygens (including phenoxy) is 1. The Labute approximate surface area is 126 Å². The number of hydrogen-bond donors (Lipinski definition) is 0. The van der Waals surface area contributed by atoms with Crippen molar-refractivity contribution in [2.45, 2.75) is 6.92 Å². The van der Waals surface area contributed by atoms with Crippen LogP contribution in [0.2, 0.25) is 0 Å². The second kappa shape index (κ2) is 5.71. The molecular formula is C13H9Br2NO3. The third kappa shape index (κ3) is 3.33. The van der Waals surface area contributed by atoms with Gasteiger partial charge in [0.1, 0.15) is 11.5 Å². The Morgan fingerprint density at radius 3 is 2.42 bits per heavy atom. The molecule has 0 atom stereocenters. The van der Waals surface area contributed by atoms with Gasteiger partial charge in [0.25, 0.3) is 5.69 Å². The van der Waals surface area contributed by atoms with E-state index in [4.69, 9.17) is 4.74 Å². The van der Waals surface area contributed by atoms with E-state index in [2.05, 4.69) is 31.9 Å². The minimum Gasteiger partial charge on any atom is -0.456 e. The van der Waals surface area contributed by atoms with E-state index in [1.54, 1.807) is 6.07 Å². The quantitative estimate of drug-likeness (QED) is 0.536. The van der Waals surface area contributed by atoms with Gasteiger partial charge in [-0.2, -0.15) is 0 Å². The summed E-state index contributed by atoms with van der Waals surface area (Å²) in [5.41, 5.74) is 1.07. The molecule has 2 aromatic rings. The fourth-order valence-electron chi connectivity index (χ4n) is 1.49. The number of halogens is 2. The van der Waals surface area contributed by atoms with Crippen molar-refractivity contribution in [3.05, 3.63) is 61.0 Å². The zero-order valence-corrected chi connectivity index (χ0v) is 13.1. The Balaban J connectivity index is 2.28. The second-order valence-corrected chi connectivity index (χ2v) is 5.59. The summed E-state index contributed by atoms with van der Waals surface area (Å²) < 4.78 is 7.24. The van der Waals surface area contributed by atoms with E-state index >= 15 is 0 Å². The highest BCUT2D eigenvalue weighted by Gasteiger charge is 2.10. The predicted molar refractivity (Wildman–Crippen MR) is 79.7 cm³/mol. The predicted octanol–water partition coefficient (Wildman–Crippen LogP) is 5.22. The number of nitro benzene ring substituents is 1. The SMILES string of the molecule is Cc1cc(Oc2ccc([N+](=O)[O-])cc2Br)ccc1Br. The van der Waals surface area contributed by atoms with Crippen LogP contribution in [0.25, 0.3) is 0 Å². The topological polar surface area (TPSA) is 52.4 Å². The first-order chi connectivity index (χ1) is 8.97. The molecule has 2 rings (SSSR count). The molecule has 98 valence electrons. The number of nitrogens with zero attached hydrogens (tertiary/aromatic N) is 1. The zero-order valence-electron chi connectivity index (χ0n) is 9.89. The van der Waals surface area contributed by atoms with Crippen LogP contribution in [0.3, 0.4) is 0 Å². The Bertz CT molecular complexity index is 644. The molecule has 0 radical (unpaired) electrons. The highest BCUT2D eigenvalue weighted by Crippen LogP contribution is 2.33. The van der Waals surface area contributed by atoms with Gasteiger partial charge in [-0.05, 0) is 52.7 Å². The van der Waals surface area contributed by atoms with Crippen molar-refractivity contribution in [2.75, 3.05) is 0 Å². The molecule has 4 nitrogen and oxygen atoms in total. The smallest absolute Gasteiger partial charge is 0.270 e. The zero-order chi connectivity index (χ0) is 14.0. The number of aryl methyl sites for hydroxylation is 1. The molecule has 0 heterocycles. The molecule has 2 aromatic carbocycles. The molecule has 6 heteroatoms. The summed E-state index contributed by atoms with van der Waals surface area (Å²) in [6, 6.07) is 10.00. The van der Waals surface area contributed by atoms with Crippen LogP contribution in [0.15, 0.2) is 45.3 Å². The largest absolute Gasteiger partial charge is 0.456 e. The molecule has 0 unspecified atom stereocenters. The van der Waals surface area contributed by atoms with Gasteiger partial charge in [0.2, 0.25) is 0 Å². The number of benzene rings is 2. The molecule has 0 aliphatic carbocycles. The van der Waals surface area contributed by atoms with Crippen LogP contribution in [-0.4, -0.2) is 4.92 Å². The molecule has 0 aromatic heterocycles. The van der Waals surface area contributed by atoms with Gasteiger partial charge in [0.15, 0.2) is 0 Å². The van der Waals surface area contributed by atoms with Gasteiger partial charge in [-0.3, -0.25) is 10.1 Å². The van der Waals surface area contributed by atoms with Crippen molar-refractivity contribution in [3.63, 3.8) is 0 Å². The minimum absolute atomic E-state index is 0.0196. The number of non-ortho nitro benzene ring substituents is 1. The van der Waals surface area contributed by atoms with E-state index in [1.165, 1.54) is 12.1 Å². The van der Waals surface area contributed by atoms with Crippen LogP contribution in [0.1, 0.15) is 5.56 Å². The number of hydrogen-bond acceptors (Lipinski definition) is 3. The molecule has 0 aliphatic rings. The molecule has 0 amide bonds. The molecule has 0 bridgehead atoms. The van der Waals surface area contributed by atoms with Crippen molar-refractivity contribution in [2.24, 2.45) is 0 Å². The monoisotopic (exact) mass is 385 g/mol. The molecule has 0 spiro atoms. The van der Waals surface area contributed by atoms with Gasteiger partial charge >= 0.3 is 0 Å². The summed E-state index contributed by atoms with van der Waals surface area (Å²) in [6.45, 7) is 1.96. The van der Waals surface area contributed by atoms with Crippen LogP contribution in [-0.2, 0) is 0 Å². The minimum atomic E-state index is -0.446. The summed E-state index contributed by atoms with van der Waals surface area (Å²) in [5, 5.41) is 10.6. The van der Waals surface area contributed by atoms with Crippen molar-refractivity contribution in [3.8, 4) is 11.5 Å². The van der Waals surface area contributed by atoms with Crippen molar-refractivity contribution in [1.82, 2.24) is 0 Å². The van der Waals surface area contributed by atoms with Gasteiger partial charge in [0, 0.05) is 16.6 Å². The number of nitro groups is 1. The maximum atomic E-state index is 10.6. The van der Waals surface area contributed by atoms with Crippen LogP contribution < -0.4 is 4.74 Å². The average Bonchev–Trinajstić information content (AvgIpc) is 2.36. The standard InChI is InChI=1S/C13H9Br2NO3/c1-8-6-10(3-4-11(8)14)19-13-5-2-9(16(17)18)7-12(13)15/h2-7H,1H3. The van der Waals surface area contributed by atoms with Crippen LogP contribution in [0.5, 0.6) is 11.5 Å². The van der Waals surface area contributed by atoms with Crippen molar-refractivity contribution < 1.29 is 9.66 Å². The highest BCUT2D eigenvalue weighted by molar-refractivity contribution is 9.10.